The van der Waals surface area contributed by atoms with Gasteiger partial charge in [0.1, 0.15) is 12.4 Å². The summed E-state index contributed by atoms with van der Waals surface area (Å²) in [7, 11) is 1.81. The van der Waals surface area contributed by atoms with Crippen LogP contribution in [0.3, 0.4) is 0 Å². The number of halogens is 1. The van der Waals surface area contributed by atoms with Gasteiger partial charge in [-0.05, 0) is 37.3 Å². The number of pyridine rings is 1. The Kier molecular flexibility index (Phi) is 4.52. The Bertz CT molecular complexity index is 1170. The van der Waals surface area contributed by atoms with E-state index < -0.39 is 11.7 Å². The van der Waals surface area contributed by atoms with E-state index in [-0.39, 0.29) is 18.1 Å². The summed E-state index contributed by atoms with van der Waals surface area (Å²) in [6.45, 7) is 1.89. The molecule has 28 heavy (non-hydrogen) atoms. The molecule has 3 heterocycles. The Morgan fingerprint density at radius 2 is 2.11 bits per heavy atom. The van der Waals surface area contributed by atoms with Crippen LogP contribution in [0.2, 0.25) is 0 Å². The zero-order valence-corrected chi connectivity index (χ0v) is 15.3. The standard InChI is InChI=1S/C20H17FN4O3/c1-12-15-9-13(10-22-19(15)25(2)24-12)23-20(26)18-8-7-14(28-18)11-27-17-6-4-3-5-16(17)21/h3-10H,11H2,1-2H3,(H,23,26). The van der Waals surface area contributed by atoms with Gasteiger partial charge in [0.25, 0.3) is 5.91 Å². The van der Waals surface area contributed by atoms with E-state index in [1.54, 1.807) is 29.1 Å². The molecule has 0 aliphatic carbocycles. The number of aryl methyl sites for hydroxylation is 2. The first-order chi connectivity index (χ1) is 13.5. The molecular weight excluding hydrogens is 363 g/mol. The molecule has 0 saturated heterocycles. The molecule has 0 saturated carbocycles. The Hall–Kier alpha value is -3.68. The predicted molar refractivity (Wildman–Crippen MR) is 101 cm³/mol. The fourth-order valence-corrected chi connectivity index (χ4v) is 2.86. The number of nitrogens with one attached hydrogen (secondary N) is 1. The highest BCUT2D eigenvalue weighted by molar-refractivity contribution is 6.03. The maximum absolute atomic E-state index is 13.6. The molecule has 0 bridgehead atoms. The van der Waals surface area contributed by atoms with E-state index in [4.69, 9.17) is 9.15 Å². The fraction of sp³-hybridized carbons (Fsp3) is 0.150. The van der Waals surface area contributed by atoms with E-state index in [0.717, 1.165) is 16.7 Å². The summed E-state index contributed by atoms with van der Waals surface area (Å²) in [6, 6.07) is 11.1. The number of nitrogens with zero attached hydrogens (tertiary/aromatic N) is 3. The largest absolute Gasteiger partial charge is 0.483 e. The summed E-state index contributed by atoms with van der Waals surface area (Å²) in [6.07, 6.45) is 1.56. The second-order valence-corrected chi connectivity index (χ2v) is 6.24. The quantitative estimate of drug-likeness (QED) is 0.569. The molecule has 0 spiro atoms. The molecule has 0 atom stereocenters. The van der Waals surface area contributed by atoms with Gasteiger partial charge < -0.3 is 14.5 Å². The van der Waals surface area contributed by atoms with Crippen molar-refractivity contribution in [2.24, 2.45) is 7.05 Å². The number of fused-ring (bicyclic) bond motifs is 1. The summed E-state index contributed by atoms with van der Waals surface area (Å²) in [5.41, 5.74) is 2.10. The minimum atomic E-state index is -0.458. The molecule has 0 fully saturated rings. The number of rotatable bonds is 5. The maximum atomic E-state index is 13.6. The van der Waals surface area contributed by atoms with Gasteiger partial charge in [0.15, 0.2) is 23.0 Å². The molecule has 142 valence electrons. The lowest BCUT2D eigenvalue weighted by molar-refractivity contribution is 0.0992. The van der Waals surface area contributed by atoms with Crippen LogP contribution in [0.1, 0.15) is 22.0 Å². The third kappa shape index (κ3) is 3.44. The van der Waals surface area contributed by atoms with E-state index in [0.29, 0.717) is 11.4 Å². The van der Waals surface area contributed by atoms with E-state index in [1.165, 1.54) is 18.2 Å². The molecule has 7 nitrogen and oxygen atoms in total. The zero-order valence-electron chi connectivity index (χ0n) is 15.3. The number of ether oxygens (including phenoxy) is 1. The van der Waals surface area contributed by atoms with Crippen LogP contribution in [0.4, 0.5) is 10.1 Å². The second-order valence-electron chi connectivity index (χ2n) is 6.24. The highest BCUT2D eigenvalue weighted by atomic mass is 19.1. The third-order valence-corrected chi connectivity index (χ3v) is 4.21. The van der Waals surface area contributed by atoms with Gasteiger partial charge in [-0.1, -0.05) is 12.1 Å². The van der Waals surface area contributed by atoms with Gasteiger partial charge in [0.2, 0.25) is 0 Å². The Labute approximate surface area is 159 Å². The topological polar surface area (TPSA) is 82.2 Å². The molecule has 1 aromatic carbocycles. The Morgan fingerprint density at radius 3 is 2.93 bits per heavy atom. The van der Waals surface area contributed by atoms with Crippen LogP contribution in [-0.4, -0.2) is 20.7 Å². The van der Waals surface area contributed by atoms with Crippen molar-refractivity contribution in [3.05, 3.63) is 71.7 Å². The molecular formula is C20H17FN4O3. The number of para-hydroxylation sites is 1. The number of anilines is 1. The van der Waals surface area contributed by atoms with Crippen molar-refractivity contribution in [2.45, 2.75) is 13.5 Å². The number of benzene rings is 1. The Balaban J connectivity index is 1.44. The first-order valence-corrected chi connectivity index (χ1v) is 8.58. The highest BCUT2D eigenvalue weighted by Crippen LogP contribution is 2.21. The summed E-state index contributed by atoms with van der Waals surface area (Å²) in [5, 5.41) is 7.92. The van der Waals surface area contributed by atoms with Gasteiger partial charge >= 0.3 is 0 Å². The molecule has 8 heteroatoms. The minimum absolute atomic E-state index is 0.0105. The van der Waals surface area contributed by atoms with E-state index >= 15 is 0 Å². The van der Waals surface area contributed by atoms with Gasteiger partial charge in [0.05, 0.1) is 17.6 Å². The number of carbonyl (C=O) groups is 1. The van der Waals surface area contributed by atoms with Crippen molar-refractivity contribution in [1.82, 2.24) is 14.8 Å². The van der Waals surface area contributed by atoms with Crippen LogP contribution in [0, 0.1) is 12.7 Å². The van der Waals surface area contributed by atoms with Crippen LogP contribution in [0.5, 0.6) is 5.75 Å². The van der Waals surface area contributed by atoms with Crippen molar-refractivity contribution in [3.8, 4) is 5.75 Å². The lowest BCUT2D eigenvalue weighted by atomic mass is 10.2. The SMILES string of the molecule is Cc1nn(C)c2ncc(NC(=O)c3ccc(COc4ccccc4F)o3)cc12. The van der Waals surface area contributed by atoms with E-state index in [2.05, 4.69) is 15.4 Å². The number of aromatic nitrogens is 3. The molecule has 1 N–H and O–H groups in total. The highest BCUT2D eigenvalue weighted by Gasteiger charge is 2.14. The Morgan fingerprint density at radius 1 is 1.29 bits per heavy atom. The fourth-order valence-electron chi connectivity index (χ4n) is 2.86. The molecule has 4 rings (SSSR count). The van der Waals surface area contributed by atoms with Crippen LogP contribution in [-0.2, 0) is 13.7 Å². The maximum Gasteiger partial charge on any atom is 0.291 e. The third-order valence-electron chi connectivity index (χ3n) is 4.21. The second kappa shape index (κ2) is 7.15. The van der Waals surface area contributed by atoms with Gasteiger partial charge in [-0.25, -0.2) is 9.37 Å². The summed E-state index contributed by atoms with van der Waals surface area (Å²) in [4.78, 5) is 16.8. The number of carbonyl (C=O) groups excluding carboxylic acids is 1. The number of hydrogen-bond acceptors (Lipinski definition) is 5. The lowest BCUT2D eigenvalue weighted by Gasteiger charge is -2.05. The van der Waals surface area contributed by atoms with Crippen LogP contribution in [0.25, 0.3) is 11.0 Å². The minimum Gasteiger partial charge on any atom is -0.483 e. The van der Waals surface area contributed by atoms with Gasteiger partial charge in [0, 0.05) is 12.4 Å². The predicted octanol–water partition coefficient (Wildman–Crippen LogP) is 3.84. The number of furan rings is 1. The summed E-state index contributed by atoms with van der Waals surface area (Å²) in [5.74, 6) is -0.225. The molecule has 1 amide bonds. The number of hydrogen-bond donors (Lipinski definition) is 1. The van der Waals surface area contributed by atoms with Crippen LogP contribution < -0.4 is 10.1 Å². The number of amides is 1. The molecule has 3 aromatic heterocycles. The summed E-state index contributed by atoms with van der Waals surface area (Å²) < 4.78 is 26.1. The van der Waals surface area contributed by atoms with Gasteiger partial charge in [-0.15, -0.1) is 0 Å². The smallest absolute Gasteiger partial charge is 0.291 e. The lowest BCUT2D eigenvalue weighted by Crippen LogP contribution is -2.11. The van der Waals surface area contributed by atoms with Crippen LogP contribution in [0.15, 0.2) is 53.1 Å². The average Bonchev–Trinajstić information content (AvgIpc) is 3.26. The van der Waals surface area contributed by atoms with Crippen molar-refractivity contribution in [2.75, 3.05) is 5.32 Å². The molecule has 0 aliphatic rings. The van der Waals surface area contributed by atoms with Crippen molar-refractivity contribution < 1.29 is 18.3 Å². The van der Waals surface area contributed by atoms with E-state index in [1.807, 2.05) is 20.0 Å². The molecule has 0 radical (unpaired) electrons. The van der Waals surface area contributed by atoms with Crippen molar-refractivity contribution >= 4 is 22.6 Å². The monoisotopic (exact) mass is 380 g/mol. The first-order valence-electron chi connectivity index (χ1n) is 8.58. The van der Waals surface area contributed by atoms with Crippen molar-refractivity contribution in [3.63, 3.8) is 0 Å². The summed E-state index contributed by atoms with van der Waals surface area (Å²) >= 11 is 0. The molecule has 0 unspecified atom stereocenters. The molecule has 0 aliphatic heterocycles. The zero-order chi connectivity index (χ0) is 19.7. The van der Waals surface area contributed by atoms with Gasteiger partial charge in [-0.3, -0.25) is 9.48 Å². The molecule has 4 aromatic rings. The van der Waals surface area contributed by atoms with Crippen LogP contribution >= 0.6 is 0 Å². The van der Waals surface area contributed by atoms with E-state index in [9.17, 15) is 9.18 Å². The average molecular weight is 380 g/mol. The first kappa shape index (κ1) is 17.7. The van der Waals surface area contributed by atoms with Crippen molar-refractivity contribution in [1.29, 1.82) is 0 Å². The van der Waals surface area contributed by atoms with Gasteiger partial charge in [-0.2, -0.15) is 5.10 Å². The normalized spacial score (nSPS) is 11.0.